The third kappa shape index (κ3) is 2.16. The molecule has 0 aliphatic heterocycles. The average Bonchev–Trinajstić information content (AvgIpc) is 2.80. The van der Waals surface area contributed by atoms with Crippen molar-refractivity contribution in [3.8, 4) is 11.5 Å². The highest BCUT2D eigenvalue weighted by atomic mass is 16.3. The molecule has 0 atom stereocenters. The van der Waals surface area contributed by atoms with Crippen LogP contribution in [0.2, 0.25) is 0 Å². The van der Waals surface area contributed by atoms with Crippen LogP contribution >= 0.6 is 0 Å². The minimum Gasteiger partial charge on any atom is -0.436 e. The molecule has 0 spiro atoms. The Kier molecular flexibility index (Phi) is 2.78. The number of nitrogen functional groups attached to an aromatic ring is 1. The molecule has 0 aliphatic rings. The maximum Gasteiger partial charge on any atom is 0.229 e. The number of nitrogens with zero attached hydrogens (tertiary/aromatic N) is 1. The van der Waals surface area contributed by atoms with Gasteiger partial charge in [-0.2, -0.15) is 0 Å². The van der Waals surface area contributed by atoms with Gasteiger partial charge in [0.1, 0.15) is 5.52 Å². The number of nitrogens with two attached hydrogens (primary N) is 1. The van der Waals surface area contributed by atoms with E-state index in [0.29, 0.717) is 11.6 Å². The summed E-state index contributed by atoms with van der Waals surface area (Å²) in [5.41, 5.74) is 10.5. The lowest BCUT2D eigenvalue weighted by atomic mass is 9.87. The Bertz CT molecular complexity index is 766. The molecule has 20 heavy (non-hydrogen) atoms. The number of benzene rings is 2. The third-order valence-electron chi connectivity index (χ3n) is 3.44. The van der Waals surface area contributed by atoms with Gasteiger partial charge in [-0.1, -0.05) is 39.0 Å². The van der Waals surface area contributed by atoms with E-state index in [4.69, 9.17) is 10.2 Å². The van der Waals surface area contributed by atoms with Gasteiger partial charge < -0.3 is 10.2 Å². The second kappa shape index (κ2) is 4.37. The van der Waals surface area contributed by atoms with Crippen LogP contribution in [0.5, 0.6) is 0 Å². The van der Waals surface area contributed by atoms with E-state index in [1.807, 2.05) is 30.3 Å². The highest BCUT2D eigenvalue weighted by Gasteiger charge is 2.16. The fourth-order valence-corrected chi connectivity index (χ4v) is 2.20. The van der Waals surface area contributed by atoms with Crippen molar-refractivity contribution in [3.63, 3.8) is 0 Å². The molecule has 0 saturated heterocycles. The van der Waals surface area contributed by atoms with Crippen LogP contribution in [0.3, 0.4) is 0 Å². The van der Waals surface area contributed by atoms with Gasteiger partial charge in [0.05, 0.1) is 5.56 Å². The first-order chi connectivity index (χ1) is 9.45. The SMILES string of the molecule is CC(C)(C)c1ccc2oc(-c3ccccc3N)nc2c1. The summed E-state index contributed by atoms with van der Waals surface area (Å²) in [4.78, 5) is 4.57. The fraction of sp³-hybridized carbons (Fsp3) is 0.235. The number of rotatable bonds is 1. The summed E-state index contributed by atoms with van der Waals surface area (Å²) >= 11 is 0. The van der Waals surface area contributed by atoms with E-state index in [2.05, 4.69) is 37.9 Å². The molecule has 0 unspecified atom stereocenters. The Morgan fingerprint density at radius 2 is 1.80 bits per heavy atom. The summed E-state index contributed by atoms with van der Waals surface area (Å²) in [6.07, 6.45) is 0. The lowest BCUT2D eigenvalue weighted by Crippen LogP contribution is -2.10. The number of hydrogen-bond donors (Lipinski definition) is 1. The molecule has 2 N–H and O–H groups in total. The molecule has 0 saturated carbocycles. The standard InChI is InChI=1S/C17H18N2O/c1-17(2,3)11-8-9-15-14(10-11)19-16(20-15)12-6-4-5-7-13(12)18/h4-10H,18H2,1-3H3. The van der Waals surface area contributed by atoms with E-state index in [0.717, 1.165) is 16.7 Å². The molecule has 1 aromatic heterocycles. The highest BCUT2D eigenvalue weighted by Crippen LogP contribution is 2.31. The number of fused-ring (bicyclic) bond motifs is 1. The van der Waals surface area contributed by atoms with E-state index in [-0.39, 0.29) is 5.41 Å². The number of aromatic nitrogens is 1. The van der Waals surface area contributed by atoms with Crippen molar-refractivity contribution in [3.05, 3.63) is 48.0 Å². The second-order valence-electron chi connectivity index (χ2n) is 6.04. The smallest absolute Gasteiger partial charge is 0.229 e. The van der Waals surface area contributed by atoms with Gasteiger partial charge in [-0.3, -0.25) is 0 Å². The Hall–Kier alpha value is -2.29. The monoisotopic (exact) mass is 266 g/mol. The van der Waals surface area contributed by atoms with Crippen molar-refractivity contribution in [2.75, 3.05) is 5.73 Å². The van der Waals surface area contributed by atoms with Crippen molar-refractivity contribution >= 4 is 16.8 Å². The zero-order chi connectivity index (χ0) is 14.3. The van der Waals surface area contributed by atoms with Crippen molar-refractivity contribution in [1.29, 1.82) is 0 Å². The van der Waals surface area contributed by atoms with Gasteiger partial charge in [0.25, 0.3) is 0 Å². The lowest BCUT2D eigenvalue weighted by molar-refractivity contribution is 0.590. The molecule has 3 rings (SSSR count). The fourth-order valence-electron chi connectivity index (χ4n) is 2.20. The van der Waals surface area contributed by atoms with Crippen molar-refractivity contribution < 1.29 is 4.42 Å². The molecular formula is C17H18N2O. The predicted molar refractivity (Wildman–Crippen MR) is 82.6 cm³/mol. The lowest BCUT2D eigenvalue weighted by Gasteiger charge is -2.18. The van der Waals surface area contributed by atoms with Gasteiger partial charge in [-0.25, -0.2) is 4.98 Å². The topological polar surface area (TPSA) is 52.0 Å². The maximum atomic E-state index is 5.97. The van der Waals surface area contributed by atoms with E-state index in [1.54, 1.807) is 0 Å². The normalized spacial score (nSPS) is 11.9. The summed E-state index contributed by atoms with van der Waals surface area (Å²) in [5.74, 6) is 0.573. The van der Waals surface area contributed by atoms with Gasteiger partial charge in [0.2, 0.25) is 5.89 Å². The molecular weight excluding hydrogens is 248 g/mol. The predicted octanol–water partition coefficient (Wildman–Crippen LogP) is 4.37. The molecule has 0 fully saturated rings. The summed E-state index contributed by atoms with van der Waals surface area (Å²) in [6.45, 7) is 6.55. The average molecular weight is 266 g/mol. The Morgan fingerprint density at radius 3 is 2.50 bits per heavy atom. The maximum absolute atomic E-state index is 5.97. The van der Waals surface area contributed by atoms with Crippen molar-refractivity contribution in [2.45, 2.75) is 26.2 Å². The summed E-state index contributed by atoms with van der Waals surface area (Å²) in [6, 6.07) is 13.8. The largest absolute Gasteiger partial charge is 0.436 e. The Labute approximate surface area is 118 Å². The molecule has 3 nitrogen and oxygen atoms in total. The van der Waals surface area contributed by atoms with Gasteiger partial charge in [-0.15, -0.1) is 0 Å². The Morgan fingerprint density at radius 1 is 1.05 bits per heavy atom. The van der Waals surface area contributed by atoms with Crippen LogP contribution in [0.1, 0.15) is 26.3 Å². The number of oxazole rings is 1. The van der Waals surface area contributed by atoms with Gasteiger partial charge in [-0.05, 0) is 35.2 Å². The first kappa shape index (κ1) is 12.7. The molecule has 0 bridgehead atoms. The van der Waals surface area contributed by atoms with Crippen LogP contribution in [0.25, 0.3) is 22.6 Å². The van der Waals surface area contributed by atoms with Crippen molar-refractivity contribution in [1.82, 2.24) is 4.98 Å². The first-order valence-electron chi connectivity index (χ1n) is 6.71. The molecule has 3 heteroatoms. The van der Waals surface area contributed by atoms with Crippen LogP contribution in [0.15, 0.2) is 46.9 Å². The van der Waals surface area contributed by atoms with Crippen LogP contribution in [-0.2, 0) is 5.41 Å². The van der Waals surface area contributed by atoms with Crippen LogP contribution in [0.4, 0.5) is 5.69 Å². The minimum absolute atomic E-state index is 0.0963. The van der Waals surface area contributed by atoms with E-state index in [1.165, 1.54) is 5.56 Å². The summed E-state index contributed by atoms with van der Waals surface area (Å²) < 4.78 is 5.81. The molecule has 0 aliphatic carbocycles. The van der Waals surface area contributed by atoms with Gasteiger partial charge in [0.15, 0.2) is 5.58 Å². The molecule has 0 radical (unpaired) electrons. The van der Waals surface area contributed by atoms with Gasteiger partial charge >= 0.3 is 0 Å². The zero-order valence-corrected chi connectivity index (χ0v) is 12.0. The van der Waals surface area contributed by atoms with E-state index >= 15 is 0 Å². The van der Waals surface area contributed by atoms with Crippen molar-refractivity contribution in [2.24, 2.45) is 0 Å². The summed E-state index contributed by atoms with van der Waals surface area (Å²) in [7, 11) is 0. The molecule has 102 valence electrons. The zero-order valence-electron chi connectivity index (χ0n) is 12.0. The first-order valence-corrected chi connectivity index (χ1v) is 6.71. The minimum atomic E-state index is 0.0963. The van der Waals surface area contributed by atoms with Crippen LogP contribution in [-0.4, -0.2) is 4.98 Å². The van der Waals surface area contributed by atoms with E-state index in [9.17, 15) is 0 Å². The quantitative estimate of drug-likeness (QED) is 0.665. The number of anilines is 1. The second-order valence-corrected chi connectivity index (χ2v) is 6.04. The highest BCUT2D eigenvalue weighted by molar-refractivity contribution is 5.80. The van der Waals surface area contributed by atoms with E-state index < -0.39 is 0 Å². The van der Waals surface area contributed by atoms with Crippen LogP contribution in [0, 0.1) is 0 Å². The molecule has 0 amide bonds. The Balaban J connectivity index is 2.14. The molecule has 2 aromatic carbocycles. The number of hydrogen-bond acceptors (Lipinski definition) is 3. The summed E-state index contributed by atoms with van der Waals surface area (Å²) in [5, 5.41) is 0. The van der Waals surface area contributed by atoms with Crippen LogP contribution < -0.4 is 5.73 Å². The van der Waals surface area contributed by atoms with Gasteiger partial charge in [0, 0.05) is 5.69 Å². The molecule has 3 aromatic rings. The number of para-hydroxylation sites is 1. The third-order valence-corrected chi connectivity index (χ3v) is 3.44. The molecule has 1 heterocycles.